The molecule has 4 heteroatoms. The number of hydrogen-bond donors (Lipinski definition) is 1. The van der Waals surface area contributed by atoms with E-state index < -0.39 is 0 Å². The highest BCUT2D eigenvalue weighted by Gasteiger charge is 2.25. The molecule has 0 heterocycles. The minimum atomic E-state index is -0.315. The molecule has 0 bridgehead atoms. The molecule has 0 aliphatic rings. The van der Waals surface area contributed by atoms with E-state index in [1.165, 1.54) is 0 Å². The van der Waals surface area contributed by atoms with Crippen LogP contribution in [0.3, 0.4) is 0 Å². The summed E-state index contributed by atoms with van der Waals surface area (Å²) in [6, 6.07) is 7.15. The first-order valence-electron chi connectivity index (χ1n) is 5.76. The van der Waals surface area contributed by atoms with Crippen molar-refractivity contribution in [2.45, 2.75) is 33.2 Å². The van der Waals surface area contributed by atoms with E-state index in [1.807, 2.05) is 19.2 Å². The van der Waals surface area contributed by atoms with E-state index in [1.54, 1.807) is 12.1 Å². The number of likely N-dealkylation sites (N-methyl/N-ethyl adjacent to an activating group) is 1. The van der Waals surface area contributed by atoms with Crippen LogP contribution in [0.25, 0.3) is 0 Å². The highest BCUT2D eigenvalue weighted by Crippen LogP contribution is 2.26. The van der Waals surface area contributed by atoms with Crippen LogP contribution < -0.4 is 5.32 Å². The van der Waals surface area contributed by atoms with Crippen molar-refractivity contribution in [1.82, 2.24) is 5.32 Å². The van der Waals surface area contributed by atoms with Gasteiger partial charge in [0.1, 0.15) is 0 Å². The van der Waals surface area contributed by atoms with Gasteiger partial charge in [-0.25, -0.2) is 0 Å². The lowest BCUT2D eigenvalue weighted by atomic mass is 9.83. The molecule has 94 valence electrons. The highest BCUT2D eigenvalue weighted by atomic mass is 16.6. The molecule has 1 aromatic rings. The lowest BCUT2D eigenvalue weighted by molar-refractivity contribution is -0.385. The number of hydrogen-bond acceptors (Lipinski definition) is 3. The van der Waals surface area contributed by atoms with E-state index in [4.69, 9.17) is 0 Å². The Labute approximate surface area is 102 Å². The first-order chi connectivity index (χ1) is 7.86. The second-order valence-electron chi connectivity index (χ2n) is 5.30. The van der Waals surface area contributed by atoms with Crippen molar-refractivity contribution in [3.63, 3.8) is 0 Å². The van der Waals surface area contributed by atoms with Crippen molar-refractivity contribution < 1.29 is 4.92 Å². The van der Waals surface area contributed by atoms with Crippen LogP contribution in [0.5, 0.6) is 0 Å². The maximum atomic E-state index is 10.9. The van der Waals surface area contributed by atoms with E-state index in [9.17, 15) is 10.1 Å². The lowest BCUT2D eigenvalue weighted by Gasteiger charge is -2.30. The Balaban J connectivity index is 2.98. The zero-order valence-electron chi connectivity index (χ0n) is 10.9. The van der Waals surface area contributed by atoms with Crippen LogP contribution in [0.15, 0.2) is 24.3 Å². The zero-order chi connectivity index (χ0) is 13.1. The predicted molar refractivity (Wildman–Crippen MR) is 69.1 cm³/mol. The van der Waals surface area contributed by atoms with Crippen LogP contribution in [0.4, 0.5) is 5.69 Å². The summed E-state index contributed by atoms with van der Waals surface area (Å²) < 4.78 is 0. The molecule has 1 unspecified atom stereocenters. The molecule has 0 saturated carbocycles. The van der Waals surface area contributed by atoms with Crippen molar-refractivity contribution >= 4 is 5.69 Å². The van der Waals surface area contributed by atoms with Gasteiger partial charge in [-0.2, -0.15) is 0 Å². The van der Waals surface area contributed by atoms with Crippen molar-refractivity contribution in [2.24, 2.45) is 5.41 Å². The van der Waals surface area contributed by atoms with Crippen LogP contribution in [-0.2, 0) is 6.42 Å². The Morgan fingerprint density at radius 2 is 1.94 bits per heavy atom. The average molecular weight is 236 g/mol. The van der Waals surface area contributed by atoms with E-state index >= 15 is 0 Å². The van der Waals surface area contributed by atoms with Gasteiger partial charge in [0, 0.05) is 17.7 Å². The molecule has 4 nitrogen and oxygen atoms in total. The van der Waals surface area contributed by atoms with E-state index in [-0.39, 0.29) is 22.1 Å². The molecule has 1 aromatic carbocycles. The Hall–Kier alpha value is -1.42. The molecule has 0 aromatic heterocycles. The molecule has 17 heavy (non-hydrogen) atoms. The molecule has 1 rings (SSSR count). The van der Waals surface area contributed by atoms with Gasteiger partial charge in [0.2, 0.25) is 0 Å². The third-order valence-electron chi connectivity index (χ3n) is 3.01. The smallest absolute Gasteiger partial charge is 0.272 e. The molecule has 1 N–H and O–H groups in total. The monoisotopic (exact) mass is 236 g/mol. The summed E-state index contributed by atoms with van der Waals surface area (Å²) in [6.07, 6.45) is 0.664. The Morgan fingerprint density at radius 1 is 1.35 bits per heavy atom. The van der Waals surface area contributed by atoms with Crippen molar-refractivity contribution in [1.29, 1.82) is 0 Å². The molecule has 1 atom stereocenters. The maximum Gasteiger partial charge on any atom is 0.272 e. The first-order valence-corrected chi connectivity index (χ1v) is 5.76. The van der Waals surface area contributed by atoms with E-state index in [0.29, 0.717) is 6.42 Å². The lowest BCUT2D eigenvalue weighted by Crippen LogP contribution is -2.39. The van der Waals surface area contributed by atoms with Crippen LogP contribution in [0.1, 0.15) is 26.3 Å². The molecular weight excluding hydrogens is 216 g/mol. The van der Waals surface area contributed by atoms with Gasteiger partial charge < -0.3 is 5.32 Å². The zero-order valence-corrected chi connectivity index (χ0v) is 10.9. The number of para-hydroxylation sites is 1. The number of benzene rings is 1. The van der Waals surface area contributed by atoms with Gasteiger partial charge in [-0.1, -0.05) is 39.0 Å². The molecule has 0 fully saturated rings. The number of nitrogens with zero attached hydrogens (tertiary/aromatic N) is 1. The van der Waals surface area contributed by atoms with E-state index in [2.05, 4.69) is 26.1 Å². The van der Waals surface area contributed by atoms with Gasteiger partial charge in [-0.15, -0.1) is 0 Å². The SMILES string of the molecule is CNC(Cc1ccccc1[N+](=O)[O-])C(C)(C)C. The summed E-state index contributed by atoms with van der Waals surface area (Å²) in [5.74, 6) is 0. The average Bonchev–Trinajstić information content (AvgIpc) is 2.24. The number of nitrogens with one attached hydrogen (secondary N) is 1. The largest absolute Gasteiger partial charge is 0.316 e. The van der Waals surface area contributed by atoms with Gasteiger partial charge in [0.15, 0.2) is 0 Å². The van der Waals surface area contributed by atoms with Crippen molar-refractivity contribution in [2.75, 3.05) is 7.05 Å². The van der Waals surface area contributed by atoms with Gasteiger partial charge >= 0.3 is 0 Å². The molecule has 0 saturated heterocycles. The third kappa shape index (κ3) is 3.53. The fraction of sp³-hybridized carbons (Fsp3) is 0.538. The second-order valence-corrected chi connectivity index (χ2v) is 5.30. The second kappa shape index (κ2) is 5.27. The number of nitro groups is 1. The van der Waals surface area contributed by atoms with Crippen LogP contribution >= 0.6 is 0 Å². The third-order valence-corrected chi connectivity index (χ3v) is 3.01. The van der Waals surface area contributed by atoms with Gasteiger partial charge in [-0.3, -0.25) is 10.1 Å². The minimum Gasteiger partial charge on any atom is -0.316 e. The Kier molecular flexibility index (Phi) is 4.23. The van der Waals surface area contributed by atoms with Crippen LogP contribution in [0, 0.1) is 15.5 Å². The van der Waals surface area contributed by atoms with Crippen molar-refractivity contribution in [3.8, 4) is 0 Å². The molecule has 0 amide bonds. The van der Waals surface area contributed by atoms with Gasteiger partial charge in [-0.05, 0) is 18.9 Å². The summed E-state index contributed by atoms with van der Waals surface area (Å²) in [6.45, 7) is 6.38. The molecule has 0 radical (unpaired) electrons. The summed E-state index contributed by atoms with van der Waals surface area (Å²) in [5.41, 5.74) is 1.06. The normalized spacial score (nSPS) is 13.4. The summed E-state index contributed by atoms with van der Waals surface area (Å²) in [5, 5.41) is 14.2. The van der Waals surface area contributed by atoms with Gasteiger partial charge in [0.25, 0.3) is 5.69 Å². The fourth-order valence-corrected chi connectivity index (χ4v) is 1.92. The highest BCUT2D eigenvalue weighted by molar-refractivity contribution is 5.40. The molecule has 0 aliphatic heterocycles. The Bertz CT molecular complexity index is 397. The fourth-order valence-electron chi connectivity index (χ4n) is 1.92. The molecule has 0 aliphatic carbocycles. The number of nitro benzene ring substituents is 1. The minimum absolute atomic E-state index is 0.0679. The van der Waals surface area contributed by atoms with Gasteiger partial charge in [0.05, 0.1) is 4.92 Å². The summed E-state index contributed by atoms with van der Waals surface area (Å²) in [7, 11) is 1.89. The Morgan fingerprint density at radius 3 is 2.41 bits per heavy atom. The summed E-state index contributed by atoms with van der Waals surface area (Å²) in [4.78, 5) is 10.6. The first kappa shape index (κ1) is 13.6. The quantitative estimate of drug-likeness (QED) is 0.646. The molecular formula is C13H20N2O2. The van der Waals surface area contributed by atoms with E-state index in [0.717, 1.165) is 5.56 Å². The van der Waals surface area contributed by atoms with Crippen LogP contribution in [-0.4, -0.2) is 18.0 Å². The standard InChI is InChI=1S/C13H20N2O2/c1-13(2,3)12(14-4)9-10-7-5-6-8-11(10)15(16)17/h5-8,12,14H,9H2,1-4H3. The van der Waals surface area contributed by atoms with Crippen molar-refractivity contribution in [3.05, 3.63) is 39.9 Å². The summed E-state index contributed by atoms with van der Waals surface area (Å²) >= 11 is 0. The number of rotatable bonds is 4. The predicted octanol–water partition coefficient (Wildman–Crippen LogP) is 2.77. The topological polar surface area (TPSA) is 55.2 Å². The maximum absolute atomic E-state index is 10.9. The molecule has 0 spiro atoms. The van der Waals surface area contributed by atoms with Crippen LogP contribution in [0.2, 0.25) is 0 Å².